The van der Waals surface area contributed by atoms with Crippen molar-refractivity contribution in [2.45, 2.75) is 31.1 Å². The fraction of sp³-hybridized carbons (Fsp3) is 0.500. The van der Waals surface area contributed by atoms with E-state index in [1.807, 2.05) is 0 Å². The molecule has 1 fully saturated rings. The lowest BCUT2D eigenvalue weighted by atomic mass is 9.78. The van der Waals surface area contributed by atoms with Crippen LogP contribution in [-0.4, -0.2) is 11.7 Å². The first-order valence-corrected chi connectivity index (χ1v) is 5.86. The number of rotatable bonds is 2. The van der Waals surface area contributed by atoms with Crippen LogP contribution in [0.1, 0.15) is 31.2 Å². The van der Waals surface area contributed by atoms with Gasteiger partial charge < -0.3 is 10.8 Å². The Bertz CT molecular complexity index is 402. The molecule has 0 heterocycles. The van der Waals surface area contributed by atoms with E-state index < -0.39 is 5.82 Å². The zero-order valence-corrected chi connectivity index (χ0v) is 9.73. The SMILES string of the molecule is NCC1(c2c(Cl)ccc(F)c2O)CCCC1. The lowest BCUT2D eigenvalue weighted by Crippen LogP contribution is -2.32. The van der Waals surface area contributed by atoms with Crippen LogP contribution in [0.5, 0.6) is 5.75 Å². The van der Waals surface area contributed by atoms with E-state index >= 15 is 0 Å². The summed E-state index contributed by atoms with van der Waals surface area (Å²) in [7, 11) is 0. The van der Waals surface area contributed by atoms with Crippen molar-refractivity contribution in [2.24, 2.45) is 5.73 Å². The fourth-order valence-corrected chi connectivity index (χ4v) is 3.01. The van der Waals surface area contributed by atoms with Crippen molar-refractivity contribution in [1.82, 2.24) is 0 Å². The molecular formula is C12H15ClFNO. The molecule has 0 aliphatic heterocycles. The summed E-state index contributed by atoms with van der Waals surface area (Å²) in [5, 5.41) is 10.2. The van der Waals surface area contributed by atoms with Gasteiger partial charge in [-0.2, -0.15) is 0 Å². The van der Waals surface area contributed by atoms with Crippen LogP contribution in [0.3, 0.4) is 0 Å². The minimum Gasteiger partial charge on any atom is -0.505 e. The third-order valence-corrected chi connectivity index (χ3v) is 3.87. The van der Waals surface area contributed by atoms with Crippen molar-refractivity contribution in [3.63, 3.8) is 0 Å². The molecule has 4 heteroatoms. The first-order chi connectivity index (χ1) is 7.60. The number of phenolic OH excluding ortho intramolecular Hbond substituents is 1. The maximum absolute atomic E-state index is 13.4. The number of phenols is 1. The van der Waals surface area contributed by atoms with Gasteiger partial charge in [-0.3, -0.25) is 0 Å². The highest BCUT2D eigenvalue weighted by Gasteiger charge is 2.38. The molecule has 1 saturated carbocycles. The van der Waals surface area contributed by atoms with Crippen LogP contribution in [0, 0.1) is 5.82 Å². The quantitative estimate of drug-likeness (QED) is 0.839. The van der Waals surface area contributed by atoms with Crippen molar-refractivity contribution in [1.29, 1.82) is 0 Å². The molecule has 0 amide bonds. The predicted octanol–water partition coefficient (Wildman–Crippen LogP) is 2.96. The first-order valence-electron chi connectivity index (χ1n) is 5.48. The fourth-order valence-electron chi connectivity index (χ4n) is 2.65. The molecule has 2 nitrogen and oxygen atoms in total. The maximum atomic E-state index is 13.4. The van der Waals surface area contributed by atoms with E-state index in [0.717, 1.165) is 25.7 Å². The van der Waals surface area contributed by atoms with E-state index in [1.54, 1.807) is 0 Å². The molecule has 1 aliphatic rings. The Hall–Kier alpha value is -0.800. The maximum Gasteiger partial charge on any atom is 0.165 e. The van der Waals surface area contributed by atoms with E-state index in [4.69, 9.17) is 17.3 Å². The van der Waals surface area contributed by atoms with Crippen LogP contribution in [0.2, 0.25) is 5.02 Å². The molecule has 1 aliphatic carbocycles. The van der Waals surface area contributed by atoms with Crippen molar-refractivity contribution < 1.29 is 9.50 Å². The van der Waals surface area contributed by atoms with Crippen molar-refractivity contribution in [3.05, 3.63) is 28.5 Å². The van der Waals surface area contributed by atoms with Gasteiger partial charge in [-0.1, -0.05) is 24.4 Å². The van der Waals surface area contributed by atoms with Crippen LogP contribution in [0.25, 0.3) is 0 Å². The van der Waals surface area contributed by atoms with E-state index in [0.29, 0.717) is 17.1 Å². The van der Waals surface area contributed by atoms with Gasteiger partial charge >= 0.3 is 0 Å². The summed E-state index contributed by atoms with van der Waals surface area (Å²) in [6, 6.07) is 2.67. The molecule has 88 valence electrons. The molecule has 0 saturated heterocycles. The minimum absolute atomic E-state index is 0.333. The summed E-state index contributed by atoms with van der Waals surface area (Å²) in [5.41, 5.74) is 5.95. The normalized spacial score (nSPS) is 18.9. The molecule has 2 rings (SSSR count). The summed E-state index contributed by atoms with van der Waals surface area (Å²) in [5.74, 6) is -0.959. The number of benzene rings is 1. The molecule has 0 radical (unpaired) electrons. The Kier molecular flexibility index (Phi) is 3.08. The topological polar surface area (TPSA) is 46.2 Å². The Balaban J connectivity index is 2.57. The number of halogens is 2. The second-order valence-corrected chi connectivity index (χ2v) is 4.85. The molecule has 16 heavy (non-hydrogen) atoms. The Labute approximate surface area is 99.2 Å². The molecule has 0 spiro atoms. The Morgan fingerprint density at radius 3 is 2.56 bits per heavy atom. The summed E-state index contributed by atoms with van der Waals surface area (Å²) in [4.78, 5) is 0. The standard InChI is InChI=1S/C12H15ClFNO/c13-8-3-4-9(14)11(16)10(8)12(7-15)5-1-2-6-12/h3-4,16H,1-2,5-7,15H2. The van der Waals surface area contributed by atoms with E-state index in [1.165, 1.54) is 12.1 Å². The van der Waals surface area contributed by atoms with Crippen LogP contribution >= 0.6 is 11.6 Å². The highest BCUT2D eigenvalue weighted by Crippen LogP contribution is 2.47. The van der Waals surface area contributed by atoms with Gasteiger partial charge in [-0.25, -0.2) is 4.39 Å². The molecule has 3 N–H and O–H groups in total. The van der Waals surface area contributed by atoms with E-state index in [-0.39, 0.29) is 11.2 Å². The Morgan fingerprint density at radius 1 is 1.38 bits per heavy atom. The molecule has 1 aromatic rings. The van der Waals surface area contributed by atoms with Gasteiger partial charge in [-0.05, 0) is 25.0 Å². The lowest BCUT2D eigenvalue weighted by molar-refractivity contribution is 0.383. The van der Waals surface area contributed by atoms with Crippen molar-refractivity contribution in [3.8, 4) is 5.75 Å². The summed E-state index contributed by atoms with van der Waals surface area (Å²) >= 11 is 6.07. The molecule has 1 aromatic carbocycles. The number of hydrogen-bond donors (Lipinski definition) is 2. The van der Waals surface area contributed by atoms with Gasteiger partial charge in [0.25, 0.3) is 0 Å². The second kappa shape index (κ2) is 4.22. The van der Waals surface area contributed by atoms with Crippen molar-refractivity contribution >= 4 is 11.6 Å². The molecular weight excluding hydrogens is 229 g/mol. The predicted molar refractivity (Wildman–Crippen MR) is 62.3 cm³/mol. The summed E-state index contributed by atoms with van der Waals surface area (Å²) in [6.07, 6.45) is 3.81. The van der Waals surface area contributed by atoms with Crippen LogP contribution in [0.15, 0.2) is 12.1 Å². The van der Waals surface area contributed by atoms with Gasteiger partial charge in [-0.15, -0.1) is 0 Å². The van der Waals surface area contributed by atoms with Crippen LogP contribution < -0.4 is 5.73 Å². The van der Waals surface area contributed by atoms with Gasteiger partial charge in [0.05, 0.1) is 0 Å². The largest absolute Gasteiger partial charge is 0.505 e. The molecule has 0 atom stereocenters. The van der Waals surface area contributed by atoms with Crippen molar-refractivity contribution in [2.75, 3.05) is 6.54 Å². The first kappa shape index (κ1) is 11.7. The van der Waals surface area contributed by atoms with Gasteiger partial charge in [0.1, 0.15) is 0 Å². The molecule has 0 unspecified atom stereocenters. The highest BCUT2D eigenvalue weighted by atomic mass is 35.5. The third-order valence-electron chi connectivity index (χ3n) is 3.56. The average Bonchev–Trinajstić information content (AvgIpc) is 2.74. The number of nitrogens with two attached hydrogens (primary N) is 1. The summed E-state index contributed by atoms with van der Waals surface area (Å²) in [6.45, 7) is 0.393. The van der Waals surface area contributed by atoms with E-state index in [2.05, 4.69) is 0 Å². The average molecular weight is 244 g/mol. The van der Waals surface area contributed by atoms with E-state index in [9.17, 15) is 9.50 Å². The second-order valence-electron chi connectivity index (χ2n) is 4.44. The minimum atomic E-state index is -0.626. The monoisotopic (exact) mass is 243 g/mol. The molecule has 0 bridgehead atoms. The van der Waals surface area contributed by atoms with Crippen LogP contribution in [-0.2, 0) is 5.41 Å². The number of hydrogen-bond acceptors (Lipinski definition) is 2. The summed E-state index contributed by atoms with van der Waals surface area (Å²) < 4.78 is 13.4. The lowest BCUT2D eigenvalue weighted by Gasteiger charge is -2.29. The molecule has 0 aromatic heterocycles. The van der Waals surface area contributed by atoms with Gasteiger partial charge in [0, 0.05) is 22.5 Å². The van der Waals surface area contributed by atoms with Gasteiger partial charge in [0.2, 0.25) is 0 Å². The van der Waals surface area contributed by atoms with Gasteiger partial charge in [0.15, 0.2) is 11.6 Å². The zero-order valence-electron chi connectivity index (χ0n) is 8.97. The zero-order chi connectivity index (χ0) is 11.8. The number of aromatic hydroxyl groups is 1. The Morgan fingerprint density at radius 2 is 2.00 bits per heavy atom. The third kappa shape index (κ3) is 1.68. The highest BCUT2D eigenvalue weighted by molar-refractivity contribution is 6.31. The van der Waals surface area contributed by atoms with Crippen LogP contribution in [0.4, 0.5) is 4.39 Å². The smallest absolute Gasteiger partial charge is 0.165 e.